The van der Waals surface area contributed by atoms with Crippen molar-refractivity contribution in [2.45, 2.75) is 6.54 Å². The summed E-state index contributed by atoms with van der Waals surface area (Å²) in [5.74, 6) is -0.160. The summed E-state index contributed by atoms with van der Waals surface area (Å²) in [6, 6.07) is 9.14. The van der Waals surface area contributed by atoms with Gasteiger partial charge in [0.1, 0.15) is 0 Å². The van der Waals surface area contributed by atoms with Crippen molar-refractivity contribution in [3.05, 3.63) is 53.9 Å². The van der Waals surface area contributed by atoms with E-state index in [2.05, 4.69) is 15.5 Å². The van der Waals surface area contributed by atoms with Crippen LogP contribution in [0.2, 0.25) is 0 Å². The molecule has 4 N–H and O–H groups in total. The standard InChI is InChI=1S/C13H14N4O/c14-11-3-1-2-10(8-11)4-5-13(18)15-9-12-6-7-16-17-12/h1-8H,9,14H2,(H,15,18)(H,16,17)/b5-4+. The molecule has 2 rings (SSSR count). The third-order valence-electron chi connectivity index (χ3n) is 2.35. The Balaban J connectivity index is 1.87. The van der Waals surface area contributed by atoms with Crippen LogP contribution in [0.25, 0.3) is 6.08 Å². The molecule has 0 saturated heterocycles. The predicted molar refractivity (Wildman–Crippen MR) is 70.3 cm³/mol. The van der Waals surface area contributed by atoms with Gasteiger partial charge in [-0.05, 0) is 29.8 Å². The lowest BCUT2D eigenvalue weighted by Crippen LogP contribution is -2.20. The fourth-order valence-electron chi connectivity index (χ4n) is 1.46. The molecule has 0 unspecified atom stereocenters. The molecule has 0 bridgehead atoms. The van der Waals surface area contributed by atoms with Gasteiger partial charge in [-0.2, -0.15) is 5.10 Å². The smallest absolute Gasteiger partial charge is 0.244 e. The first-order valence-corrected chi connectivity index (χ1v) is 5.54. The first kappa shape index (κ1) is 11.9. The molecule has 0 atom stereocenters. The number of nitrogens with zero attached hydrogens (tertiary/aromatic N) is 1. The summed E-state index contributed by atoms with van der Waals surface area (Å²) < 4.78 is 0. The van der Waals surface area contributed by atoms with Crippen molar-refractivity contribution in [3.63, 3.8) is 0 Å². The molecule has 0 aliphatic carbocycles. The van der Waals surface area contributed by atoms with E-state index in [0.29, 0.717) is 12.2 Å². The number of nitrogens with one attached hydrogen (secondary N) is 2. The zero-order chi connectivity index (χ0) is 12.8. The topological polar surface area (TPSA) is 83.8 Å². The molecule has 1 aromatic carbocycles. The minimum Gasteiger partial charge on any atom is -0.399 e. The Morgan fingerprint density at radius 1 is 1.44 bits per heavy atom. The largest absolute Gasteiger partial charge is 0.399 e. The third-order valence-corrected chi connectivity index (χ3v) is 2.35. The van der Waals surface area contributed by atoms with Gasteiger partial charge in [-0.3, -0.25) is 9.89 Å². The Bertz CT molecular complexity index is 546. The van der Waals surface area contributed by atoms with E-state index in [1.54, 1.807) is 24.4 Å². The molecular weight excluding hydrogens is 228 g/mol. The Morgan fingerprint density at radius 2 is 2.33 bits per heavy atom. The van der Waals surface area contributed by atoms with Gasteiger partial charge in [-0.15, -0.1) is 0 Å². The van der Waals surface area contributed by atoms with Crippen molar-refractivity contribution in [1.29, 1.82) is 0 Å². The molecule has 0 radical (unpaired) electrons. The molecule has 92 valence electrons. The molecule has 1 amide bonds. The summed E-state index contributed by atoms with van der Waals surface area (Å²) in [6.07, 6.45) is 4.84. The summed E-state index contributed by atoms with van der Waals surface area (Å²) >= 11 is 0. The number of carbonyl (C=O) groups is 1. The van der Waals surface area contributed by atoms with Crippen LogP contribution in [0.3, 0.4) is 0 Å². The number of nitrogens with two attached hydrogens (primary N) is 1. The number of rotatable bonds is 4. The van der Waals surface area contributed by atoms with Crippen LogP contribution in [0.4, 0.5) is 5.69 Å². The first-order chi connectivity index (χ1) is 8.74. The number of carbonyl (C=O) groups excluding carboxylic acids is 1. The molecule has 0 fully saturated rings. The zero-order valence-electron chi connectivity index (χ0n) is 9.76. The van der Waals surface area contributed by atoms with Crippen molar-refractivity contribution in [1.82, 2.24) is 15.5 Å². The molecule has 1 aromatic heterocycles. The minimum absolute atomic E-state index is 0.160. The molecule has 2 aromatic rings. The second-order valence-corrected chi connectivity index (χ2v) is 3.80. The number of aromatic nitrogens is 2. The number of aromatic amines is 1. The van der Waals surface area contributed by atoms with Gasteiger partial charge in [0.15, 0.2) is 0 Å². The fraction of sp³-hybridized carbons (Fsp3) is 0.0769. The van der Waals surface area contributed by atoms with E-state index in [1.807, 2.05) is 18.2 Å². The molecular formula is C13H14N4O. The van der Waals surface area contributed by atoms with E-state index in [9.17, 15) is 4.79 Å². The Morgan fingerprint density at radius 3 is 3.06 bits per heavy atom. The van der Waals surface area contributed by atoms with Gasteiger partial charge in [0.2, 0.25) is 5.91 Å². The minimum atomic E-state index is -0.160. The van der Waals surface area contributed by atoms with Gasteiger partial charge in [-0.25, -0.2) is 0 Å². The maximum Gasteiger partial charge on any atom is 0.244 e. The highest BCUT2D eigenvalue weighted by Gasteiger charge is 1.97. The van der Waals surface area contributed by atoms with Crippen LogP contribution in [0.1, 0.15) is 11.3 Å². The van der Waals surface area contributed by atoms with E-state index < -0.39 is 0 Å². The summed E-state index contributed by atoms with van der Waals surface area (Å²) in [5.41, 5.74) is 8.08. The Hall–Kier alpha value is -2.56. The number of amides is 1. The quantitative estimate of drug-likeness (QED) is 0.558. The predicted octanol–water partition coefficient (Wildman–Crippen LogP) is 1.32. The number of H-pyrrole nitrogens is 1. The van der Waals surface area contributed by atoms with Gasteiger partial charge in [0, 0.05) is 18.0 Å². The van der Waals surface area contributed by atoms with E-state index in [-0.39, 0.29) is 5.91 Å². The number of nitrogen functional groups attached to an aromatic ring is 1. The van der Waals surface area contributed by atoms with Gasteiger partial charge < -0.3 is 11.1 Å². The molecule has 0 saturated carbocycles. The summed E-state index contributed by atoms with van der Waals surface area (Å²) in [6.45, 7) is 0.431. The van der Waals surface area contributed by atoms with Crippen LogP contribution < -0.4 is 11.1 Å². The molecule has 0 aliphatic rings. The second-order valence-electron chi connectivity index (χ2n) is 3.80. The maximum atomic E-state index is 11.5. The molecule has 18 heavy (non-hydrogen) atoms. The van der Waals surface area contributed by atoms with Crippen LogP contribution in [0, 0.1) is 0 Å². The van der Waals surface area contributed by atoms with Crippen LogP contribution in [-0.2, 0) is 11.3 Å². The van der Waals surface area contributed by atoms with Crippen LogP contribution in [-0.4, -0.2) is 16.1 Å². The maximum absolute atomic E-state index is 11.5. The van der Waals surface area contributed by atoms with Crippen LogP contribution >= 0.6 is 0 Å². The summed E-state index contributed by atoms with van der Waals surface area (Å²) in [4.78, 5) is 11.5. The van der Waals surface area contributed by atoms with Crippen molar-refractivity contribution in [3.8, 4) is 0 Å². The molecule has 5 nitrogen and oxygen atoms in total. The van der Waals surface area contributed by atoms with Crippen LogP contribution in [0.5, 0.6) is 0 Å². The van der Waals surface area contributed by atoms with Gasteiger partial charge in [0.25, 0.3) is 0 Å². The lowest BCUT2D eigenvalue weighted by Gasteiger charge is -1.99. The lowest BCUT2D eigenvalue weighted by atomic mass is 10.2. The summed E-state index contributed by atoms with van der Waals surface area (Å²) in [5, 5.41) is 9.31. The Kier molecular flexibility index (Phi) is 3.76. The molecule has 1 heterocycles. The first-order valence-electron chi connectivity index (χ1n) is 5.54. The molecule has 0 spiro atoms. The van der Waals surface area contributed by atoms with E-state index in [4.69, 9.17) is 5.73 Å². The average Bonchev–Trinajstić information content (AvgIpc) is 2.87. The zero-order valence-corrected chi connectivity index (χ0v) is 9.76. The van der Waals surface area contributed by atoms with E-state index in [0.717, 1.165) is 11.3 Å². The third kappa shape index (κ3) is 3.48. The molecule has 0 aliphatic heterocycles. The van der Waals surface area contributed by atoms with Crippen molar-refractivity contribution < 1.29 is 4.79 Å². The van der Waals surface area contributed by atoms with Gasteiger partial charge in [-0.1, -0.05) is 12.1 Å². The Labute approximate surface area is 105 Å². The normalized spacial score (nSPS) is 10.7. The number of anilines is 1. The number of benzene rings is 1. The van der Waals surface area contributed by atoms with Crippen LogP contribution in [0.15, 0.2) is 42.6 Å². The van der Waals surface area contributed by atoms with Crippen molar-refractivity contribution in [2.75, 3.05) is 5.73 Å². The van der Waals surface area contributed by atoms with Crippen molar-refractivity contribution in [2.24, 2.45) is 0 Å². The summed E-state index contributed by atoms with van der Waals surface area (Å²) in [7, 11) is 0. The molecule has 5 heteroatoms. The highest BCUT2D eigenvalue weighted by atomic mass is 16.1. The van der Waals surface area contributed by atoms with Crippen molar-refractivity contribution >= 4 is 17.7 Å². The van der Waals surface area contributed by atoms with Gasteiger partial charge in [0.05, 0.1) is 12.2 Å². The SMILES string of the molecule is Nc1cccc(/C=C/C(=O)NCc2ccn[nH]2)c1. The number of hydrogen-bond acceptors (Lipinski definition) is 3. The fourth-order valence-corrected chi connectivity index (χ4v) is 1.46. The average molecular weight is 242 g/mol. The second kappa shape index (κ2) is 5.67. The highest BCUT2D eigenvalue weighted by Crippen LogP contribution is 2.07. The highest BCUT2D eigenvalue weighted by molar-refractivity contribution is 5.91. The lowest BCUT2D eigenvalue weighted by molar-refractivity contribution is -0.116. The number of hydrogen-bond donors (Lipinski definition) is 3. The van der Waals surface area contributed by atoms with E-state index >= 15 is 0 Å². The van der Waals surface area contributed by atoms with E-state index in [1.165, 1.54) is 6.08 Å². The van der Waals surface area contributed by atoms with Gasteiger partial charge >= 0.3 is 0 Å². The monoisotopic (exact) mass is 242 g/mol.